The van der Waals surface area contributed by atoms with E-state index in [2.05, 4.69) is 0 Å². The number of carbonyl (C=O) groups excluding carboxylic acids is 2. The van der Waals surface area contributed by atoms with Gasteiger partial charge in [-0.15, -0.1) is 0 Å². The van der Waals surface area contributed by atoms with Crippen molar-refractivity contribution in [2.45, 2.75) is 11.3 Å². The minimum atomic E-state index is -4.81. The summed E-state index contributed by atoms with van der Waals surface area (Å²) in [5, 5.41) is 0.0667. The second kappa shape index (κ2) is 7.47. The van der Waals surface area contributed by atoms with Gasteiger partial charge in [0, 0.05) is 0 Å². The molecular weight excluding hydrogens is 375 g/mol. The Morgan fingerprint density at radius 2 is 1.71 bits per heavy atom. The van der Waals surface area contributed by atoms with Crippen LogP contribution in [0.3, 0.4) is 0 Å². The van der Waals surface area contributed by atoms with Gasteiger partial charge in [-0.25, -0.2) is 4.31 Å². The summed E-state index contributed by atoms with van der Waals surface area (Å²) in [7, 11) is -9.53. The van der Waals surface area contributed by atoms with Crippen molar-refractivity contribution in [3.63, 3.8) is 0 Å². The quantitative estimate of drug-likeness (QED) is 0.300. The molecule has 2 amide bonds. The van der Waals surface area contributed by atoms with E-state index in [1.165, 1.54) is 24.3 Å². The van der Waals surface area contributed by atoms with Crippen LogP contribution in [0.2, 0.25) is 0 Å². The maximum absolute atomic E-state index is 12.1. The van der Waals surface area contributed by atoms with Crippen molar-refractivity contribution in [3.8, 4) is 0 Å². The van der Waals surface area contributed by atoms with Crippen molar-refractivity contribution >= 4 is 61.8 Å². The van der Waals surface area contributed by atoms with Gasteiger partial charge >= 0.3 is 39.9 Å². The zero-order chi connectivity index (χ0) is 17.4. The summed E-state index contributed by atoms with van der Waals surface area (Å²) in [6, 6.07) is 5.76. The van der Waals surface area contributed by atoms with E-state index in [1.807, 2.05) is 5.32 Å². The van der Waals surface area contributed by atoms with Crippen LogP contribution in [0.1, 0.15) is 10.8 Å². The van der Waals surface area contributed by atoms with Gasteiger partial charge in [0.1, 0.15) is 6.04 Å². The van der Waals surface area contributed by atoms with Gasteiger partial charge in [-0.2, -0.15) is 16.8 Å². The third-order valence-electron chi connectivity index (χ3n) is 3.13. The van der Waals surface area contributed by atoms with Crippen LogP contribution in [-0.2, 0) is 30.0 Å². The molecule has 1 aromatic carbocycles. The Bertz CT molecular complexity index is 840. The second-order valence-corrected chi connectivity index (χ2v) is 7.55. The Morgan fingerprint density at radius 3 is 2.12 bits per heavy atom. The second-order valence-electron chi connectivity index (χ2n) is 4.71. The van der Waals surface area contributed by atoms with E-state index >= 15 is 0 Å². The standard InChI is InChI=1S/C11H12N2O8S2.Na.H/c14-10(12-8-6-13(11(8)15)23(19,20)21)9(22(16,17)18)7-4-2-1-3-5-7;;/h1-5,8-9H,6H2,(H,12,14)(H,16,17,18)(H,19,20,21);;. The summed E-state index contributed by atoms with van der Waals surface area (Å²) in [6.07, 6.45) is 0. The fourth-order valence-corrected chi connectivity index (χ4v) is 3.58. The zero-order valence-electron chi connectivity index (χ0n) is 11.4. The van der Waals surface area contributed by atoms with Crippen LogP contribution in [0, 0.1) is 0 Å². The number of benzene rings is 1. The number of hydrogen-bond donors (Lipinski definition) is 3. The van der Waals surface area contributed by atoms with Gasteiger partial charge in [0.15, 0.2) is 5.25 Å². The van der Waals surface area contributed by atoms with Crippen LogP contribution < -0.4 is 5.32 Å². The summed E-state index contributed by atoms with van der Waals surface area (Å²) in [5.41, 5.74) is -0.0223. The first-order valence-corrected chi connectivity index (χ1v) is 9.02. The molecule has 0 aromatic heterocycles. The molecule has 10 nitrogen and oxygen atoms in total. The molecule has 3 N–H and O–H groups in total. The third-order valence-corrected chi connectivity index (χ3v) is 5.09. The van der Waals surface area contributed by atoms with Crippen LogP contribution in [0.4, 0.5) is 0 Å². The van der Waals surface area contributed by atoms with E-state index in [4.69, 9.17) is 4.55 Å². The Morgan fingerprint density at radius 1 is 1.17 bits per heavy atom. The minimum absolute atomic E-state index is 0. The fourth-order valence-electron chi connectivity index (χ4n) is 2.04. The molecule has 128 valence electrons. The Kier molecular flexibility index (Phi) is 6.55. The van der Waals surface area contributed by atoms with Gasteiger partial charge in [-0.3, -0.25) is 18.7 Å². The third kappa shape index (κ3) is 4.53. The molecular formula is C11H13N2NaO8S2. The SMILES string of the molecule is O=C(NC1CN(S(=O)(=O)O)C1=O)C(c1ccccc1)S(=O)(=O)O.[NaH]. The molecule has 0 radical (unpaired) electrons. The van der Waals surface area contributed by atoms with Crippen LogP contribution in [0.25, 0.3) is 0 Å². The molecule has 2 rings (SSSR count). The topological polar surface area (TPSA) is 158 Å². The first kappa shape index (κ1) is 21.0. The van der Waals surface area contributed by atoms with Gasteiger partial charge in [-0.05, 0) is 5.56 Å². The predicted octanol–water partition coefficient (Wildman–Crippen LogP) is -1.90. The number of carbonyl (C=O) groups is 2. The molecule has 1 aromatic rings. The van der Waals surface area contributed by atoms with Crippen molar-refractivity contribution in [2.24, 2.45) is 0 Å². The van der Waals surface area contributed by atoms with E-state index in [0.717, 1.165) is 0 Å². The van der Waals surface area contributed by atoms with Crippen molar-refractivity contribution in [2.75, 3.05) is 6.54 Å². The molecule has 1 aliphatic heterocycles. The molecule has 1 saturated heterocycles. The van der Waals surface area contributed by atoms with Crippen molar-refractivity contribution in [3.05, 3.63) is 35.9 Å². The molecule has 2 atom stereocenters. The van der Waals surface area contributed by atoms with E-state index in [-0.39, 0.29) is 39.4 Å². The number of rotatable bonds is 5. The summed E-state index contributed by atoms with van der Waals surface area (Å²) in [6.45, 7) is -0.531. The van der Waals surface area contributed by atoms with Crippen molar-refractivity contribution in [1.29, 1.82) is 0 Å². The molecule has 0 saturated carbocycles. The molecule has 0 aliphatic carbocycles. The van der Waals surface area contributed by atoms with Crippen LogP contribution in [-0.4, -0.2) is 84.2 Å². The number of β-lactam (4-membered cyclic amide) rings is 1. The number of hydrogen-bond acceptors (Lipinski definition) is 6. The zero-order valence-corrected chi connectivity index (χ0v) is 13.0. The van der Waals surface area contributed by atoms with Gasteiger partial charge in [0.05, 0.1) is 6.54 Å². The van der Waals surface area contributed by atoms with E-state index < -0.39 is 50.1 Å². The molecule has 2 unspecified atom stereocenters. The maximum atomic E-state index is 12.1. The first-order valence-electron chi connectivity index (χ1n) is 6.12. The van der Waals surface area contributed by atoms with Crippen LogP contribution in [0.5, 0.6) is 0 Å². The fraction of sp³-hybridized carbons (Fsp3) is 0.273. The molecule has 1 fully saturated rings. The van der Waals surface area contributed by atoms with Crippen molar-refractivity contribution in [1.82, 2.24) is 9.62 Å². The van der Waals surface area contributed by atoms with Gasteiger partial charge in [0.2, 0.25) is 5.91 Å². The predicted molar refractivity (Wildman–Crippen MR) is 83.1 cm³/mol. The summed E-state index contributed by atoms with van der Waals surface area (Å²) in [5.74, 6) is -2.30. The molecule has 0 spiro atoms. The summed E-state index contributed by atoms with van der Waals surface area (Å²) < 4.78 is 62.5. The molecule has 1 aliphatic rings. The van der Waals surface area contributed by atoms with Crippen molar-refractivity contribution < 1.29 is 35.5 Å². The average Bonchev–Trinajstić information content (AvgIpc) is 2.41. The summed E-state index contributed by atoms with van der Waals surface area (Å²) in [4.78, 5) is 23.6. The number of amides is 2. The molecule has 1 heterocycles. The Labute approximate surface area is 160 Å². The average molecular weight is 388 g/mol. The normalized spacial score (nSPS) is 19.0. The molecule has 0 bridgehead atoms. The van der Waals surface area contributed by atoms with E-state index in [0.29, 0.717) is 0 Å². The first-order chi connectivity index (χ1) is 10.5. The Balaban J connectivity index is 0.00000288. The van der Waals surface area contributed by atoms with Crippen LogP contribution >= 0.6 is 0 Å². The van der Waals surface area contributed by atoms with Gasteiger partial charge in [0.25, 0.3) is 16.0 Å². The van der Waals surface area contributed by atoms with Crippen LogP contribution in [0.15, 0.2) is 30.3 Å². The monoisotopic (exact) mass is 388 g/mol. The van der Waals surface area contributed by atoms with Gasteiger partial charge in [-0.1, -0.05) is 30.3 Å². The molecule has 24 heavy (non-hydrogen) atoms. The molecule has 13 heteroatoms. The van der Waals surface area contributed by atoms with E-state index in [1.54, 1.807) is 6.07 Å². The van der Waals surface area contributed by atoms with E-state index in [9.17, 15) is 31.0 Å². The number of nitrogens with zero attached hydrogens (tertiary/aromatic N) is 1. The number of nitrogens with one attached hydrogen (secondary N) is 1. The van der Waals surface area contributed by atoms with Gasteiger partial charge < -0.3 is 5.32 Å². The Hall–Kier alpha value is -1.02. The summed E-state index contributed by atoms with van der Waals surface area (Å²) >= 11 is 0.